The van der Waals surface area contributed by atoms with Gasteiger partial charge in [-0.1, -0.05) is 29.8 Å². The number of benzene rings is 2. The highest BCUT2D eigenvalue weighted by atomic mass is 32.2. The van der Waals surface area contributed by atoms with Crippen LogP contribution in [-0.4, -0.2) is 62.9 Å². The molecule has 1 saturated heterocycles. The second-order valence-corrected chi connectivity index (χ2v) is 8.11. The zero-order valence-electron chi connectivity index (χ0n) is 16.7. The molecule has 1 fully saturated rings. The van der Waals surface area contributed by atoms with E-state index >= 15 is 0 Å². The maximum absolute atomic E-state index is 12.2. The summed E-state index contributed by atoms with van der Waals surface area (Å²) in [6.07, 6.45) is 0. The van der Waals surface area contributed by atoms with E-state index < -0.39 is 0 Å². The molecule has 0 radical (unpaired) electrons. The number of carbonyl (C=O) groups is 1. The summed E-state index contributed by atoms with van der Waals surface area (Å²) < 4.78 is 5.46. The molecule has 6 heteroatoms. The number of hydrogen-bond donors (Lipinski definition) is 1. The van der Waals surface area contributed by atoms with Crippen molar-refractivity contribution in [2.45, 2.75) is 11.8 Å². The maximum atomic E-state index is 12.2. The summed E-state index contributed by atoms with van der Waals surface area (Å²) in [4.78, 5) is 18.0. The predicted molar refractivity (Wildman–Crippen MR) is 117 cm³/mol. The molecule has 0 aliphatic carbocycles. The number of nitrogens with one attached hydrogen (secondary N) is 1. The quantitative estimate of drug-likeness (QED) is 0.546. The zero-order chi connectivity index (χ0) is 19.8. The molecule has 0 aromatic heterocycles. The largest absolute Gasteiger partial charge is 0.495 e. The van der Waals surface area contributed by atoms with Crippen molar-refractivity contribution in [2.24, 2.45) is 0 Å². The van der Waals surface area contributed by atoms with Gasteiger partial charge in [-0.15, -0.1) is 11.8 Å². The molecule has 1 aliphatic rings. The smallest absolute Gasteiger partial charge is 0.234 e. The van der Waals surface area contributed by atoms with Gasteiger partial charge >= 0.3 is 0 Å². The summed E-state index contributed by atoms with van der Waals surface area (Å²) in [5.41, 5.74) is 2.39. The molecule has 0 atom stereocenters. The third-order valence-electron chi connectivity index (χ3n) is 4.88. The van der Waals surface area contributed by atoms with Crippen LogP contribution in [0.5, 0.6) is 5.75 Å². The van der Waals surface area contributed by atoms with Gasteiger partial charge in [0.25, 0.3) is 0 Å². The summed E-state index contributed by atoms with van der Waals surface area (Å²) in [6, 6.07) is 16.6. The van der Waals surface area contributed by atoms with Crippen molar-refractivity contribution >= 4 is 23.4 Å². The maximum Gasteiger partial charge on any atom is 0.234 e. The van der Waals surface area contributed by atoms with E-state index in [2.05, 4.69) is 52.4 Å². The van der Waals surface area contributed by atoms with E-state index in [1.165, 1.54) is 10.5 Å². The Labute approximate surface area is 172 Å². The third-order valence-corrected chi connectivity index (χ3v) is 5.89. The molecule has 0 bridgehead atoms. The van der Waals surface area contributed by atoms with Crippen LogP contribution in [0.4, 0.5) is 5.69 Å². The van der Waals surface area contributed by atoms with Crippen molar-refractivity contribution < 1.29 is 9.53 Å². The standard InChI is InChI=1S/C22H29N3O2S/c1-18-7-9-19(10-8-18)28-16-11-23-22(26)17-24-12-14-25(15-13-24)20-5-3-4-6-21(20)27-2/h3-10H,11-17H2,1-2H3,(H,23,26). The molecule has 5 nitrogen and oxygen atoms in total. The van der Waals surface area contributed by atoms with Crippen LogP contribution in [0.2, 0.25) is 0 Å². The van der Waals surface area contributed by atoms with Gasteiger partial charge in [-0.2, -0.15) is 0 Å². The molecule has 2 aromatic carbocycles. The second-order valence-electron chi connectivity index (χ2n) is 6.95. The van der Waals surface area contributed by atoms with Gasteiger partial charge in [-0.25, -0.2) is 0 Å². The van der Waals surface area contributed by atoms with Crippen molar-refractivity contribution in [3.8, 4) is 5.75 Å². The monoisotopic (exact) mass is 399 g/mol. The highest BCUT2D eigenvalue weighted by molar-refractivity contribution is 7.99. The first kappa shape index (κ1) is 20.6. The van der Waals surface area contributed by atoms with E-state index in [0.29, 0.717) is 13.1 Å². The molecule has 1 heterocycles. The first-order chi connectivity index (χ1) is 13.7. The Bertz CT molecular complexity index is 759. The molecule has 28 heavy (non-hydrogen) atoms. The first-order valence-electron chi connectivity index (χ1n) is 9.72. The molecule has 1 N–H and O–H groups in total. The van der Waals surface area contributed by atoms with Gasteiger partial charge < -0.3 is 15.0 Å². The predicted octanol–water partition coefficient (Wildman–Crippen LogP) is 3.03. The van der Waals surface area contributed by atoms with Crippen LogP contribution in [0.25, 0.3) is 0 Å². The first-order valence-corrected chi connectivity index (χ1v) is 10.7. The number of hydrogen-bond acceptors (Lipinski definition) is 5. The minimum atomic E-state index is 0.107. The zero-order valence-corrected chi connectivity index (χ0v) is 17.5. The van der Waals surface area contributed by atoms with E-state index in [9.17, 15) is 4.79 Å². The SMILES string of the molecule is COc1ccccc1N1CCN(CC(=O)NCCSc2ccc(C)cc2)CC1. The van der Waals surface area contributed by atoms with Gasteiger partial charge in [-0.3, -0.25) is 9.69 Å². The van der Waals surface area contributed by atoms with E-state index in [0.717, 1.165) is 43.4 Å². The van der Waals surface area contributed by atoms with Gasteiger partial charge in [0.2, 0.25) is 5.91 Å². The molecule has 3 rings (SSSR count). The number of thioether (sulfide) groups is 1. The van der Waals surface area contributed by atoms with E-state index in [4.69, 9.17) is 4.74 Å². The summed E-state index contributed by atoms with van der Waals surface area (Å²) in [7, 11) is 1.70. The van der Waals surface area contributed by atoms with E-state index in [1.54, 1.807) is 18.9 Å². The fraction of sp³-hybridized carbons (Fsp3) is 0.409. The van der Waals surface area contributed by atoms with Gasteiger partial charge in [-0.05, 0) is 31.2 Å². The van der Waals surface area contributed by atoms with Crippen molar-refractivity contribution in [1.82, 2.24) is 10.2 Å². The lowest BCUT2D eigenvalue weighted by Crippen LogP contribution is -2.49. The number of ether oxygens (including phenoxy) is 1. The van der Waals surface area contributed by atoms with E-state index in [-0.39, 0.29) is 5.91 Å². The number of piperazine rings is 1. The van der Waals surface area contributed by atoms with Crippen molar-refractivity contribution in [2.75, 3.05) is 57.0 Å². The van der Waals surface area contributed by atoms with Crippen LogP contribution in [0.3, 0.4) is 0 Å². The topological polar surface area (TPSA) is 44.8 Å². The highest BCUT2D eigenvalue weighted by Gasteiger charge is 2.20. The Morgan fingerprint density at radius 1 is 1.07 bits per heavy atom. The van der Waals surface area contributed by atoms with Crippen LogP contribution >= 0.6 is 11.8 Å². The third kappa shape index (κ3) is 5.91. The number of aryl methyl sites for hydroxylation is 1. The number of carbonyl (C=O) groups excluding carboxylic acids is 1. The van der Waals surface area contributed by atoms with Gasteiger partial charge in [0.05, 0.1) is 19.3 Å². The molecule has 1 aliphatic heterocycles. The number of nitrogens with zero attached hydrogens (tertiary/aromatic N) is 2. The number of rotatable bonds is 8. The molecule has 2 aromatic rings. The average Bonchev–Trinajstić information content (AvgIpc) is 2.73. The van der Waals surface area contributed by atoms with Crippen molar-refractivity contribution in [3.63, 3.8) is 0 Å². The number of anilines is 1. The molecule has 0 saturated carbocycles. The van der Waals surface area contributed by atoms with Crippen LogP contribution < -0.4 is 15.0 Å². The number of amides is 1. The average molecular weight is 400 g/mol. The summed E-state index contributed by atoms with van der Waals surface area (Å²) in [5.74, 6) is 1.89. The Hall–Kier alpha value is -2.18. The van der Waals surface area contributed by atoms with Gasteiger partial charge in [0.1, 0.15) is 5.75 Å². The van der Waals surface area contributed by atoms with Crippen molar-refractivity contribution in [3.05, 3.63) is 54.1 Å². The fourth-order valence-electron chi connectivity index (χ4n) is 3.29. The molecule has 0 spiro atoms. The number of para-hydroxylation sites is 2. The van der Waals surface area contributed by atoms with E-state index in [1.807, 2.05) is 18.2 Å². The van der Waals surface area contributed by atoms with Crippen LogP contribution in [0.15, 0.2) is 53.4 Å². The van der Waals surface area contributed by atoms with Crippen molar-refractivity contribution in [1.29, 1.82) is 0 Å². The van der Waals surface area contributed by atoms with Crippen LogP contribution in [0, 0.1) is 6.92 Å². The molecule has 1 amide bonds. The summed E-state index contributed by atoms with van der Waals surface area (Å²) in [5, 5.41) is 3.04. The highest BCUT2D eigenvalue weighted by Crippen LogP contribution is 2.28. The lowest BCUT2D eigenvalue weighted by Gasteiger charge is -2.36. The van der Waals surface area contributed by atoms with Gasteiger partial charge in [0.15, 0.2) is 0 Å². The van der Waals surface area contributed by atoms with Crippen LogP contribution in [-0.2, 0) is 4.79 Å². The minimum Gasteiger partial charge on any atom is -0.495 e. The lowest BCUT2D eigenvalue weighted by atomic mass is 10.2. The lowest BCUT2D eigenvalue weighted by molar-refractivity contribution is -0.122. The molecular weight excluding hydrogens is 370 g/mol. The summed E-state index contributed by atoms with van der Waals surface area (Å²) >= 11 is 1.77. The minimum absolute atomic E-state index is 0.107. The molecule has 150 valence electrons. The Balaban J connectivity index is 1.35. The Kier molecular flexibility index (Phi) is 7.62. The fourth-order valence-corrected chi connectivity index (χ4v) is 4.06. The Morgan fingerprint density at radius 2 is 1.79 bits per heavy atom. The number of methoxy groups -OCH3 is 1. The van der Waals surface area contributed by atoms with Crippen LogP contribution in [0.1, 0.15) is 5.56 Å². The second kappa shape index (κ2) is 10.4. The Morgan fingerprint density at radius 3 is 2.50 bits per heavy atom. The summed E-state index contributed by atoms with van der Waals surface area (Å²) in [6.45, 7) is 6.80. The molecular formula is C22H29N3O2S. The molecule has 0 unspecified atom stereocenters. The van der Waals surface area contributed by atoms with Gasteiger partial charge in [0, 0.05) is 43.4 Å². The normalized spacial score (nSPS) is 14.7.